The van der Waals surface area contributed by atoms with E-state index in [4.69, 9.17) is 19.9 Å². The van der Waals surface area contributed by atoms with E-state index in [-0.39, 0.29) is 5.78 Å². The Kier molecular flexibility index (Phi) is 13.5. The lowest BCUT2D eigenvalue weighted by Crippen LogP contribution is -2.53. The van der Waals surface area contributed by atoms with E-state index in [0.29, 0.717) is 26.2 Å². The number of ether oxygens (including phenoxy) is 3. The van der Waals surface area contributed by atoms with Crippen molar-refractivity contribution in [1.29, 1.82) is 0 Å². The fraction of sp³-hybridized carbons (Fsp3) is 0.947. The molecular formula is C19H39NO4. The van der Waals surface area contributed by atoms with Crippen molar-refractivity contribution in [3.8, 4) is 0 Å². The van der Waals surface area contributed by atoms with Crippen LogP contribution in [0.5, 0.6) is 0 Å². The van der Waals surface area contributed by atoms with Gasteiger partial charge in [0.1, 0.15) is 5.92 Å². The zero-order valence-electron chi connectivity index (χ0n) is 16.4. The van der Waals surface area contributed by atoms with E-state index < -0.39 is 17.9 Å². The smallest absolute Gasteiger partial charge is 0.293 e. The Balaban J connectivity index is 5.05. The van der Waals surface area contributed by atoms with Crippen molar-refractivity contribution in [3.63, 3.8) is 0 Å². The molecule has 0 fully saturated rings. The summed E-state index contributed by atoms with van der Waals surface area (Å²) in [6.07, 6.45) is 7.65. The Morgan fingerprint density at radius 3 is 1.75 bits per heavy atom. The molecule has 0 aliphatic rings. The fourth-order valence-electron chi connectivity index (χ4n) is 2.97. The average molecular weight is 346 g/mol. The van der Waals surface area contributed by atoms with E-state index in [1.54, 1.807) is 6.92 Å². The van der Waals surface area contributed by atoms with Gasteiger partial charge >= 0.3 is 0 Å². The van der Waals surface area contributed by atoms with Gasteiger partial charge in [-0.2, -0.15) is 0 Å². The van der Waals surface area contributed by atoms with Crippen molar-refractivity contribution in [2.24, 2.45) is 11.7 Å². The van der Waals surface area contributed by atoms with Crippen LogP contribution in [0.25, 0.3) is 0 Å². The first kappa shape index (κ1) is 23.5. The highest BCUT2D eigenvalue weighted by Gasteiger charge is 2.46. The highest BCUT2D eigenvalue weighted by molar-refractivity contribution is 5.86. The van der Waals surface area contributed by atoms with Gasteiger partial charge in [-0.15, -0.1) is 0 Å². The first-order chi connectivity index (χ1) is 11.5. The molecule has 24 heavy (non-hydrogen) atoms. The standard InChI is InChI=1S/C19H39NO4/c1-6-10-11-12-13-14-15-17(18(21)16(5)20)19(22-7-2,23-8-3)24-9-4/h16-17H,6-15,20H2,1-5H3/t16-,17?/m0/s1. The molecule has 0 spiro atoms. The molecule has 144 valence electrons. The van der Waals surface area contributed by atoms with Gasteiger partial charge in [0.2, 0.25) is 0 Å². The number of carbonyl (C=O) groups excluding carboxylic acids is 1. The quantitative estimate of drug-likeness (QED) is 0.338. The van der Waals surface area contributed by atoms with E-state index in [2.05, 4.69) is 6.92 Å². The molecule has 0 aromatic heterocycles. The number of unbranched alkanes of at least 4 members (excludes halogenated alkanes) is 5. The van der Waals surface area contributed by atoms with Crippen LogP contribution in [0, 0.1) is 5.92 Å². The van der Waals surface area contributed by atoms with Crippen molar-refractivity contribution in [3.05, 3.63) is 0 Å². The van der Waals surface area contributed by atoms with E-state index in [1.165, 1.54) is 25.7 Å². The second-order valence-corrected chi connectivity index (χ2v) is 6.20. The van der Waals surface area contributed by atoms with Gasteiger partial charge in [-0.3, -0.25) is 4.79 Å². The molecule has 0 radical (unpaired) electrons. The molecule has 0 aliphatic carbocycles. The number of Topliss-reactive ketones (excluding diaryl/α,β-unsaturated/α-hetero) is 1. The summed E-state index contributed by atoms with van der Waals surface area (Å²) in [6, 6.07) is -0.559. The Morgan fingerprint density at radius 2 is 1.33 bits per heavy atom. The van der Waals surface area contributed by atoms with Crippen LogP contribution >= 0.6 is 0 Å². The van der Waals surface area contributed by atoms with Crippen LogP contribution in [-0.4, -0.2) is 37.6 Å². The molecule has 2 N–H and O–H groups in total. The first-order valence-corrected chi connectivity index (χ1v) is 9.70. The zero-order valence-corrected chi connectivity index (χ0v) is 16.4. The lowest BCUT2D eigenvalue weighted by molar-refractivity contribution is -0.395. The van der Waals surface area contributed by atoms with Crippen LogP contribution in [0.2, 0.25) is 0 Å². The molecule has 0 heterocycles. The number of hydrogen-bond acceptors (Lipinski definition) is 5. The molecule has 0 saturated carbocycles. The second kappa shape index (κ2) is 13.8. The van der Waals surface area contributed by atoms with Gasteiger partial charge < -0.3 is 19.9 Å². The lowest BCUT2D eigenvalue weighted by Gasteiger charge is -2.38. The third-order valence-electron chi connectivity index (χ3n) is 4.10. The first-order valence-electron chi connectivity index (χ1n) is 9.70. The molecular weight excluding hydrogens is 306 g/mol. The van der Waals surface area contributed by atoms with Crippen molar-refractivity contribution in [1.82, 2.24) is 0 Å². The number of rotatable bonds is 16. The SMILES string of the molecule is CCCCCCCCC(C(=O)[C@H](C)N)C(OCC)(OCC)OCC. The predicted molar refractivity (Wildman–Crippen MR) is 97.7 cm³/mol. The van der Waals surface area contributed by atoms with Gasteiger partial charge in [0.05, 0.1) is 6.04 Å². The monoisotopic (exact) mass is 345 g/mol. The van der Waals surface area contributed by atoms with Gasteiger partial charge in [-0.05, 0) is 34.1 Å². The van der Waals surface area contributed by atoms with E-state index >= 15 is 0 Å². The Bertz CT molecular complexity index is 303. The van der Waals surface area contributed by atoms with Crippen LogP contribution < -0.4 is 5.73 Å². The maximum atomic E-state index is 12.7. The Labute approximate surface area is 148 Å². The molecule has 0 aromatic rings. The van der Waals surface area contributed by atoms with Crippen LogP contribution in [0.3, 0.4) is 0 Å². The minimum absolute atomic E-state index is 0.0566. The fourth-order valence-corrected chi connectivity index (χ4v) is 2.97. The van der Waals surface area contributed by atoms with Crippen molar-refractivity contribution >= 4 is 5.78 Å². The molecule has 0 saturated heterocycles. The minimum atomic E-state index is -1.31. The van der Waals surface area contributed by atoms with Crippen LogP contribution in [0.1, 0.15) is 79.6 Å². The molecule has 5 nitrogen and oxygen atoms in total. The summed E-state index contributed by atoms with van der Waals surface area (Å²) in [5, 5.41) is 0. The van der Waals surface area contributed by atoms with E-state index in [9.17, 15) is 4.79 Å². The summed E-state index contributed by atoms with van der Waals surface area (Å²) < 4.78 is 17.5. The van der Waals surface area contributed by atoms with Gasteiger partial charge in [0.25, 0.3) is 5.97 Å². The lowest BCUT2D eigenvalue weighted by atomic mass is 9.90. The summed E-state index contributed by atoms with van der Waals surface area (Å²) in [5.41, 5.74) is 5.88. The molecule has 0 rings (SSSR count). The zero-order chi connectivity index (χ0) is 18.4. The normalized spacial score (nSPS) is 14.6. The third-order valence-corrected chi connectivity index (χ3v) is 4.10. The molecule has 5 heteroatoms. The van der Waals surface area contributed by atoms with Crippen LogP contribution in [-0.2, 0) is 19.0 Å². The Morgan fingerprint density at radius 1 is 0.875 bits per heavy atom. The summed E-state index contributed by atoms with van der Waals surface area (Å²) >= 11 is 0. The summed E-state index contributed by atoms with van der Waals surface area (Å²) in [5.74, 6) is -1.87. The average Bonchev–Trinajstić information content (AvgIpc) is 2.54. The predicted octanol–water partition coefficient (Wildman–Crippen LogP) is 4.03. The van der Waals surface area contributed by atoms with Gasteiger partial charge in [-0.25, -0.2) is 0 Å². The molecule has 0 amide bonds. The number of nitrogens with two attached hydrogens (primary N) is 1. The topological polar surface area (TPSA) is 70.8 Å². The van der Waals surface area contributed by atoms with Crippen LogP contribution in [0.4, 0.5) is 0 Å². The summed E-state index contributed by atoms with van der Waals surface area (Å²) in [4.78, 5) is 12.7. The highest BCUT2D eigenvalue weighted by atomic mass is 16.9. The van der Waals surface area contributed by atoms with Crippen LogP contribution in [0.15, 0.2) is 0 Å². The molecule has 0 aromatic carbocycles. The van der Waals surface area contributed by atoms with Crippen molar-refractivity contribution in [2.45, 2.75) is 91.6 Å². The third kappa shape index (κ3) is 8.06. The van der Waals surface area contributed by atoms with Gasteiger partial charge in [0.15, 0.2) is 5.78 Å². The summed E-state index contributed by atoms with van der Waals surface area (Å²) in [6.45, 7) is 10.8. The number of carbonyl (C=O) groups is 1. The molecule has 0 bridgehead atoms. The van der Waals surface area contributed by atoms with Crippen molar-refractivity contribution < 1.29 is 19.0 Å². The highest BCUT2D eigenvalue weighted by Crippen LogP contribution is 2.32. The van der Waals surface area contributed by atoms with Crippen molar-refractivity contribution in [2.75, 3.05) is 19.8 Å². The minimum Gasteiger partial charge on any atom is -0.327 e. The van der Waals surface area contributed by atoms with Gasteiger partial charge in [0, 0.05) is 19.8 Å². The van der Waals surface area contributed by atoms with E-state index in [0.717, 1.165) is 12.8 Å². The largest absolute Gasteiger partial charge is 0.327 e. The maximum absolute atomic E-state index is 12.7. The second-order valence-electron chi connectivity index (χ2n) is 6.20. The maximum Gasteiger partial charge on any atom is 0.293 e. The Hall–Kier alpha value is -0.490. The van der Waals surface area contributed by atoms with Gasteiger partial charge in [-0.1, -0.05) is 45.4 Å². The number of ketones is 1. The molecule has 2 atom stereocenters. The molecule has 0 aliphatic heterocycles. The molecule has 1 unspecified atom stereocenters. The summed E-state index contributed by atoms with van der Waals surface area (Å²) in [7, 11) is 0. The number of hydrogen-bond donors (Lipinski definition) is 1. The van der Waals surface area contributed by atoms with E-state index in [1.807, 2.05) is 20.8 Å².